The topological polar surface area (TPSA) is 74.3 Å². The number of hydrogen-bond acceptors (Lipinski definition) is 5. The second-order valence-electron chi connectivity index (χ2n) is 6.05. The number of aromatic nitrogens is 1. The fraction of sp³-hybridized carbons (Fsp3) is 0.353. The minimum absolute atomic E-state index is 0.160. The van der Waals surface area contributed by atoms with Crippen molar-refractivity contribution in [3.05, 3.63) is 48.3 Å². The van der Waals surface area contributed by atoms with E-state index in [1.54, 1.807) is 24.5 Å². The lowest BCUT2D eigenvalue weighted by molar-refractivity contribution is -0.0429. The van der Waals surface area contributed by atoms with Gasteiger partial charge in [0.15, 0.2) is 0 Å². The first-order valence-electron chi connectivity index (χ1n) is 8.09. The number of nitrogens with one attached hydrogen (secondary N) is 2. The van der Waals surface area contributed by atoms with Gasteiger partial charge in [0.1, 0.15) is 0 Å². The fourth-order valence-corrected chi connectivity index (χ4v) is 2.93. The van der Waals surface area contributed by atoms with E-state index in [-0.39, 0.29) is 5.69 Å². The number of alkyl halides is 3. The van der Waals surface area contributed by atoms with Gasteiger partial charge in [0.25, 0.3) is 0 Å². The molecular formula is C17H21F3N4O2S. The van der Waals surface area contributed by atoms with Crippen LogP contribution in [0, 0.1) is 0 Å². The molecule has 2 aromatic rings. The minimum Gasteiger partial charge on any atom is -0.318 e. The van der Waals surface area contributed by atoms with Crippen molar-refractivity contribution in [2.24, 2.45) is 0 Å². The molecular weight excluding hydrogens is 381 g/mol. The molecule has 2 N–H and O–H groups in total. The van der Waals surface area contributed by atoms with Crippen LogP contribution in [-0.2, 0) is 16.6 Å². The van der Waals surface area contributed by atoms with Crippen LogP contribution in [-0.4, -0.2) is 51.0 Å². The number of nitrogens with zero attached hydrogens (tertiary/aromatic N) is 2. The smallest absolute Gasteiger partial charge is 0.318 e. The molecule has 0 saturated carbocycles. The van der Waals surface area contributed by atoms with Crippen LogP contribution in [0.15, 0.2) is 42.7 Å². The quantitative estimate of drug-likeness (QED) is 0.710. The Hall–Kier alpha value is -2.17. The van der Waals surface area contributed by atoms with Gasteiger partial charge in [-0.3, -0.25) is 9.71 Å². The van der Waals surface area contributed by atoms with E-state index in [2.05, 4.69) is 15.2 Å². The van der Waals surface area contributed by atoms with Gasteiger partial charge in [-0.2, -0.15) is 21.6 Å². The maximum atomic E-state index is 12.4. The molecule has 6 nitrogen and oxygen atoms in total. The Balaban J connectivity index is 2.12. The molecule has 0 aliphatic rings. The third-order valence-corrected chi connectivity index (χ3v) is 4.88. The minimum atomic E-state index is -5.43. The summed E-state index contributed by atoms with van der Waals surface area (Å²) in [7, 11) is -1.55. The second-order valence-corrected chi connectivity index (χ2v) is 7.73. The Morgan fingerprint density at radius 2 is 1.78 bits per heavy atom. The van der Waals surface area contributed by atoms with E-state index in [1.165, 1.54) is 16.9 Å². The molecule has 0 spiro atoms. The molecule has 0 fully saturated rings. The fourth-order valence-electron chi connectivity index (χ4n) is 2.37. The van der Waals surface area contributed by atoms with Crippen molar-refractivity contribution >= 4 is 15.7 Å². The van der Waals surface area contributed by atoms with Crippen LogP contribution in [0.5, 0.6) is 0 Å². The lowest BCUT2D eigenvalue weighted by Gasteiger charge is -2.16. The first-order valence-corrected chi connectivity index (χ1v) is 9.57. The van der Waals surface area contributed by atoms with Gasteiger partial charge >= 0.3 is 15.5 Å². The molecule has 1 heterocycles. The maximum absolute atomic E-state index is 12.4. The predicted octanol–water partition coefficient (Wildman–Crippen LogP) is 2.66. The summed E-state index contributed by atoms with van der Waals surface area (Å²) in [6.07, 6.45) is 3.40. The summed E-state index contributed by atoms with van der Waals surface area (Å²) in [5.41, 5.74) is -3.01. The summed E-state index contributed by atoms with van der Waals surface area (Å²) >= 11 is 0. The molecule has 0 amide bonds. The molecule has 27 heavy (non-hydrogen) atoms. The standard InChI is InChI=1S/C17H21F3N4O2S/c1-21-7-8-24(2)12-13-9-15(11-22-10-13)14-3-5-16(6-4-14)23-27(25,26)17(18,19)20/h3-6,9-11,21,23H,7-8,12H2,1-2H3. The van der Waals surface area contributed by atoms with Crippen molar-refractivity contribution in [3.8, 4) is 11.1 Å². The van der Waals surface area contributed by atoms with Gasteiger partial charge < -0.3 is 10.2 Å². The van der Waals surface area contributed by atoms with Crippen LogP contribution >= 0.6 is 0 Å². The molecule has 0 radical (unpaired) electrons. The third-order valence-electron chi connectivity index (χ3n) is 3.77. The van der Waals surface area contributed by atoms with E-state index in [1.807, 2.05) is 20.2 Å². The van der Waals surface area contributed by atoms with Gasteiger partial charge in [0, 0.05) is 43.3 Å². The average molecular weight is 402 g/mol. The van der Waals surface area contributed by atoms with Crippen LogP contribution in [0.4, 0.5) is 18.9 Å². The number of rotatable bonds is 8. The third kappa shape index (κ3) is 5.91. The average Bonchev–Trinajstić information content (AvgIpc) is 2.59. The number of benzene rings is 1. The van der Waals surface area contributed by atoms with Crippen LogP contribution in [0.2, 0.25) is 0 Å². The highest BCUT2D eigenvalue weighted by Crippen LogP contribution is 2.27. The highest BCUT2D eigenvalue weighted by Gasteiger charge is 2.45. The molecule has 0 unspecified atom stereocenters. The molecule has 0 saturated heterocycles. The maximum Gasteiger partial charge on any atom is 0.516 e. The summed E-state index contributed by atoms with van der Waals surface area (Å²) in [5.74, 6) is 0. The van der Waals surface area contributed by atoms with Crippen LogP contribution in [0.25, 0.3) is 11.1 Å². The molecule has 148 valence electrons. The summed E-state index contributed by atoms with van der Waals surface area (Å²) in [4.78, 5) is 6.34. The largest absolute Gasteiger partial charge is 0.516 e. The zero-order valence-electron chi connectivity index (χ0n) is 14.9. The Labute approximate surface area is 156 Å². The molecule has 1 aromatic heterocycles. The summed E-state index contributed by atoms with van der Waals surface area (Å²) in [6.45, 7) is 2.43. The number of sulfonamides is 1. The summed E-state index contributed by atoms with van der Waals surface area (Å²) < 4.78 is 61.1. The molecule has 0 aliphatic heterocycles. The number of hydrogen-bond donors (Lipinski definition) is 2. The highest BCUT2D eigenvalue weighted by atomic mass is 32.2. The Kier molecular flexibility index (Phi) is 6.79. The predicted molar refractivity (Wildman–Crippen MR) is 98.5 cm³/mol. The van der Waals surface area contributed by atoms with Crippen LogP contribution < -0.4 is 10.0 Å². The first kappa shape index (κ1) is 21.1. The Morgan fingerprint density at radius 3 is 2.37 bits per heavy atom. The normalized spacial score (nSPS) is 12.4. The van der Waals surface area contributed by atoms with Gasteiger partial charge in [0.2, 0.25) is 0 Å². The number of halogens is 3. The molecule has 0 bridgehead atoms. The van der Waals surface area contributed by atoms with Gasteiger partial charge in [-0.15, -0.1) is 0 Å². The van der Waals surface area contributed by atoms with E-state index >= 15 is 0 Å². The van der Waals surface area contributed by atoms with Crippen molar-refractivity contribution in [3.63, 3.8) is 0 Å². The van der Waals surface area contributed by atoms with Crippen molar-refractivity contribution in [2.75, 3.05) is 31.9 Å². The van der Waals surface area contributed by atoms with Crippen molar-refractivity contribution in [1.29, 1.82) is 0 Å². The number of anilines is 1. The van der Waals surface area contributed by atoms with E-state index in [4.69, 9.17) is 0 Å². The molecule has 10 heteroatoms. The number of likely N-dealkylation sites (N-methyl/N-ethyl adjacent to an activating group) is 2. The van der Waals surface area contributed by atoms with Gasteiger partial charge in [-0.25, -0.2) is 0 Å². The van der Waals surface area contributed by atoms with Crippen molar-refractivity contribution in [2.45, 2.75) is 12.1 Å². The number of pyridine rings is 1. The van der Waals surface area contributed by atoms with E-state index in [0.29, 0.717) is 6.54 Å². The molecule has 2 rings (SSSR count). The summed E-state index contributed by atoms with van der Waals surface area (Å²) in [5, 5.41) is 3.08. The summed E-state index contributed by atoms with van der Waals surface area (Å²) in [6, 6.07) is 7.59. The van der Waals surface area contributed by atoms with Gasteiger partial charge in [0.05, 0.1) is 0 Å². The lowest BCUT2D eigenvalue weighted by Crippen LogP contribution is -2.29. The highest BCUT2D eigenvalue weighted by molar-refractivity contribution is 7.93. The monoisotopic (exact) mass is 402 g/mol. The van der Waals surface area contributed by atoms with Crippen molar-refractivity contribution < 1.29 is 21.6 Å². The first-order chi connectivity index (χ1) is 12.6. The van der Waals surface area contributed by atoms with Gasteiger partial charge in [-0.1, -0.05) is 12.1 Å². The lowest BCUT2D eigenvalue weighted by atomic mass is 10.1. The zero-order valence-corrected chi connectivity index (χ0v) is 15.7. The SMILES string of the molecule is CNCCN(C)Cc1cncc(-c2ccc(NS(=O)(=O)C(F)(F)F)cc2)c1. The Morgan fingerprint density at radius 1 is 1.11 bits per heavy atom. The van der Waals surface area contributed by atoms with Crippen LogP contribution in [0.3, 0.4) is 0 Å². The Bertz CT molecular complexity index is 855. The van der Waals surface area contributed by atoms with Crippen molar-refractivity contribution in [1.82, 2.24) is 15.2 Å². The second kappa shape index (κ2) is 8.68. The molecule has 1 aromatic carbocycles. The van der Waals surface area contributed by atoms with Gasteiger partial charge in [-0.05, 0) is 43.4 Å². The van der Waals surface area contributed by atoms with E-state index < -0.39 is 15.5 Å². The van der Waals surface area contributed by atoms with E-state index in [9.17, 15) is 21.6 Å². The van der Waals surface area contributed by atoms with Crippen LogP contribution in [0.1, 0.15) is 5.56 Å². The molecule has 0 aliphatic carbocycles. The zero-order chi connectivity index (χ0) is 20.1. The van der Waals surface area contributed by atoms with E-state index in [0.717, 1.165) is 29.8 Å². The molecule has 0 atom stereocenters.